The van der Waals surface area contributed by atoms with Crippen molar-refractivity contribution in [1.29, 1.82) is 0 Å². The molecule has 4 unspecified atom stereocenters. The van der Waals surface area contributed by atoms with Crippen molar-refractivity contribution >= 4 is 5.69 Å². The van der Waals surface area contributed by atoms with E-state index in [1.807, 2.05) is 18.2 Å². The van der Waals surface area contributed by atoms with Gasteiger partial charge >= 0.3 is 0 Å². The predicted molar refractivity (Wildman–Crippen MR) is 147 cm³/mol. The Labute approximate surface area is 227 Å². The van der Waals surface area contributed by atoms with Gasteiger partial charge in [-0.15, -0.1) is 0 Å². The van der Waals surface area contributed by atoms with Gasteiger partial charge in [0.15, 0.2) is 11.5 Å². The van der Waals surface area contributed by atoms with Crippen LogP contribution in [0, 0.1) is 11.6 Å². The van der Waals surface area contributed by atoms with Gasteiger partial charge in [0.2, 0.25) is 0 Å². The van der Waals surface area contributed by atoms with Crippen molar-refractivity contribution in [3.63, 3.8) is 0 Å². The summed E-state index contributed by atoms with van der Waals surface area (Å²) in [5, 5.41) is 3.82. The van der Waals surface area contributed by atoms with E-state index in [1.165, 1.54) is 34.5 Å². The lowest BCUT2D eigenvalue weighted by Crippen LogP contribution is -2.50. The number of methoxy groups -OCH3 is 1. The Morgan fingerprint density at radius 3 is 2.54 bits per heavy atom. The molecule has 0 aliphatic carbocycles. The number of ether oxygens (including phenoxy) is 2. The average Bonchev–Trinajstić information content (AvgIpc) is 3.33. The standard InChI is InChI=1S/C33H30F2N2O2/c1-38-30-18-26-22(16-31(30)39-19-20-5-4-6-24(35)15-20)13-14-37-29(26)17-27-25-7-2-3-8-28(25)36-32(27)33(37)21-9-11-23(34)12-10-21/h2-12,15-16,18,27,29,32-33,36H,13-14,17,19H2,1H3. The van der Waals surface area contributed by atoms with Crippen molar-refractivity contribution in [2.45, 2.75) is 43.5 Å². The first-order valence-corrected chi connectivity index (χ1v) is 13.5. The highest BCUT2D eigenvalue weighted by Crippen LogP contribution is 2.55. The second-order valence-corrected chi connectivity index (χ2v) is 10.7. The molecule has 4 atom stereocenters. The summed E-state index contributed by atoms with van der Waals surface area (Å²) in [7, 11) is 1.66. The Kier molecular flexibility index (Phi) is 6.00. The number of piperidine rings is 1. The van der Waals surface area contributed by atoms with E-state index in [1.54, 1.807) is 25.3 Å². The van der Waals surface area contributed by atoms with Gasteiger partial charge in [0.25, 0.3) is 0 Å². The molecule has 39 heavy (non-hydrogen) atoms. The van der Waals surface area contributed by atoms with E-state index < -0.39 is 0 Å². The molecular weight excluding hydrogens is 494 g/mol. The van der Waals surface area contributed by atoms with E-state index in [4.69, 9.17) is 9.47 Å². The van der Waals surface area contributed by atoms with Crippen LogP contribution >= 0.6 is 0 Å². The highest BCUT2D eigenvalue weighted by atomic mass is 19.1. The maximum atomic E-state index is 13.9. The lowest BCUT2D eigenvalue weighted by molar-refractivity contribution is 0.0547. The molecule has 4 nitrogen and oxygen atoms in total. The van der Waals surface area contributed by atoms with Crippen molar-refractivity contribution in [3.05, 3.63) is 124 Å². The highest BCUT2D eigenvalue weighted by Gasteiger charge is 2.49. The molecule has 3 aliphatic heterocycles. The summed E-state index contributed by atoms with van der Waals surface area (Å²) in [6.45, 7) is 1.15. The topological polar surface area (TPSA) is 33.7 Å². The number of benzene rings is 4. The zero-order valence-corrected chi connectivity index (χ0v) is 21.7. The van der Waals surface area contributed by atoms with Crippen molar-refractivity contribution in [1.82, 2.24) is 4.90 Å². The zero-order chi connectivity index (χ0) is 26.5. The first kappa shape index (κ1) is 24.2. The predicted octanol–water partition coefficient (Wildman–Crippen LogP) is 7.17. The molecule has 6 heteroatoms. The fourth-order valence-corrected chi connectivity index (χ4v) is 6.89. The molecule has 1 N–H and O–H groups in total. The minimum absolute atomic E-state index is 0.102. The molecule has 4 aromatic carbocycles. The number of hydrogen-bond acceptors (Lipinski definition) is 4. The molecular formula is C33H30F2N2O2. The van der Waals surface area contributed by atoms with Crippen molar-refractivity contribution in [2.24, 2.45) is 0 Å². The lowest BCUT2D eigenvalue weighted by Gasteiger charge is -2.51. The molecule has 0 saturated carbocycles. The summed E-state index contributed by atoms with van der Waals surface area (Å²) < 4.78 is 39.5. The molecule has 0 bridgehead atoms. The summed E-state index contributed by atoms with van der Waals surface area (Å²) in [6.07, 6.45) is 1.85. The summed E-state index contributed by atoms with van der Waals surface area (Å²) in [4.78, 5) is 2.59. The zero-order valence-electron chi connectivity index (χ0n) is 21.7. The first-order chi connectivity index (χ1) is 19.1. The normalized spacial score (nSPS) is 23.2. The van der Waals surface area contributed by atoms with Crippen LogP contribution in [0.1, 0.15) is 52.2 Å². The second-order valence-electron chi connectivity index (χ2n) is 10.7. The summed E-state index contributed by atoms with van der Waals surface area (Å²) >= 11 is 0. The molecule has 3 aliphatic rings. The Balaban J connectivity index is 1.26. The van der Waals surface area contributed by atoms with Crippen LogP contribution in [0.5, 0.6) is 11.5 Å². The van der Waals surface area contributed by atoms with Gasteiger partial charge in [-0.25, -0.2) is 8.78 Å². The Morgan fingerprint density at radius 2 is 1.72 bits per heavy atom. The molecule has 0 radical (unpaired) electrons. The molecule has 1 saturated heterocycles. The molecule has 7 rings (SSSR count). The largest absolute Gasteiger partial charge is 0.493 e. The smallest absolute Gasteiger partial charge is 0.161 e. The number of fused-ring (bicyclic) bond motifs is 6. The SMILES string of the molecule is COc1cc2c(cc1OCc1cccc(F)c1)CCN1C2CC2c3ccccc3NC2C1c1ccc(F)cc1. The first-order valence-electron chi connectivity index (χ1n) is 13.5. The van der Waals surface area contributed by atoms with Gasteiger partial charge in [-0.05, 0) is 83.1 Å². The Hall–Kier alpha value is -3.90. The van der Waals surface area contributed by atoms with E-state index in [-0.39, 0.29) is 36.4 Å². The molecule has 198 valence electrons. The number of nitrogens with zero attached hydrogens (tertiary/aromatic N) is 1. The van der Waals surface area contributed by atoms with Gasteiger partial charge in [-0.3, -0.25) is 4.90 Å². The van der Waals surface area contributed by atoms with E-state index in [0.717, 1.165) is 30.5 Å². The lowest BCUT2D eigenvalue weighted by atomic mass is 9.73. The third kappa shape index (κ3) is 4.23. The molecule has 0 aromatic heterocycles. The quantitative estimate of drug-likeness (QED) is 0.300. The van der Waals surface area contributed by atoms with Crippen LogP contribution in [0.2, 0.25) is 0 Å². The maximum Gasteiger partial charge on any atom is 0.161 e. The summed E-state index contributed by atoms with van der Waals surface area (Å²) in [5.74, 6) is 1.19. The molecule has 3 heterocycles. The van der Waals surface area contributed by atoms with E-state index >= 15 is 0 Å². The monoisotopic (exact) mass is 524 g/mol. The second kappa shape index (κ2) is 9.69. The third-order valence-corrected chi connectivity index (χ3v) is 8.61. The average molecular weight is 525 g/mol. The Morgan fingerprint density at radius 1 is 0.872 bits per heavy atom. The van der Waals surface area contributed by atoms with Gasteiger partial charge in [0.05, 0.1) is 19.2 Å². The van der Waals surface area contributed by atoms with Crippen LogP contribution < -0.4 is 14.8 Å². The number of para-hydroxylation sites is 1. The third-order valence-electron chi connectivity index (χ3n) is 8.61. The van der Waals surface area contributed by atoms with Gasteiger partial charge in [-0.1, -0.05) is 42.5 Å². The number of rotatable bonds is 5. The van der Waals surface area contributed by atoms with Crippen molar-refractivity contribution in [3.8, 4) is 11.5 Å². The minimum atomic E-state index is -0.275. The van der Waals surface area contributed by atoms with Crippen LogP contribution in [0.25, 0.3) is 0 Å². The van der Waals surface area contributed by atoms with Crippen molar-refractivity contribution < 1.29 is 18.3 Å². The van der Waals surface area contributed by atoms with E-state index in [0.29, 0.717) is 17.4 Å². The van der Waals surface area contributed by atoms with Crippen LogP contribution in [-0.2, 0) is 13.0 Å². The fraction of sp³-hybridized carbons (Fsp3) is 0.273. The van der Waals surface area contributed by atoms with Gasteiger partial charge in [0.1, 0.15) is 18.2 Å². The highest BCUT2D eigenvalue weighted by molar-refractivity contribution is 5.61. The molecule has 1 fully saturated rings. The number of nitrogens with one attached hydrogen (secondary N) is 1. The van der Waals surface area contributed by atoms with E-state index in [9.17, 15) is 8.78 Å². The van der Waals surface area contributed by atoms with Gasteiger partial charge < -0.3 is 14.8 Å². The van der Waals surface area contributed by atoms with E-state index in [2.05, 4.69) is 46.6 Å². The minimum Gasteiger partial charge on any atom is -0.493 e. The summed E-state index contributed by atoms with van der Waals surface area (Å²) in [6, 6.07) is 26.8. The van der Waals surface area contributed by atoms with Gasteiger partial charge in [0, 0.05) is 24.2 Å². The fourth-order valence-electron chi connectivity index (χ4n) is 6.89. The molecule has 4 aromatic rings. The van der Waals surface area contributed by atoms with Crippen LogP contribution in [0.15, 0.2) is 84.9 Å². The van der Waals surface area contributed by atoms with Crippen LogP contribution in [0.4, 0.5) is 14.5 Å². The maximum absolute atomic E-state index is 13.9. The number of anilines is 1. The van der Waals surface area contributed by atoms with Crippen molar-refractivity contribution in [2.75, 3.05) is 19.0 Å². The number of halogens is 2. The Bertz CT molecular complexity index is 1520. The van der Waals surface area contributed by atoms with Gasteiger partial charge in [-0.2, -0.15) is 0 Å². The molecule has 0 amide bonds. The molecule has 0 spiro atoms. The van der Waals surface area contributed by atoms with Crippen LogP contribution in [0.3, 0.4) is 0 Å². The number of hydrogen-bond donors (Lipinski definition) is 1. The summed E-state index contributed by atoms with van der Waals surface area (Å²) in [5.41, 5.74) is 6.95. The van der Waals surface area contributed by atoms with Crippen LogP contribution in [-0.4, -0.2) is 24.6 Å².